The zero-order valence-corrected chi connectivity index (χ0v) is 12.3. The van der Waals surface area contributed by atoms with Crippen molar-refractivity contribution in [2.24, 2.45) is 5.92 Å². The van der Waals surface area contributed by atoms with Gasteiger partial charge in [0.15, 0.2) is 0 Å². The number of halogens is 1. The Labute approximate surface area is 118 Å². The summed E-state index contributed by atoms with van der Waals surface area (Å²) in [5.41, 5.74) is 0. The Morgan fingerprint density at radius 3 is 2.78 bits per heavy atom. The predicted molar refractivity (Wildman–Crippen MR) is 72.6 cm³/mol. The first kappa shape index (κ1) is 13.5. The van der Waals surface area contributed by atoms with Crippen LogP contribution in [0.2, 0.25) is 0 Å². The summed E-state index contributed by atoms with van der Waals surface area (Å²) in [6.07, 6.45) is 2.38. The summed E-state index contributed by atoms with van der Waals surface area (Å²) in [4.78, 5) is 23.9. The van der Waals surface area contributed by atoms with E-state index in [9.17, 15) is 9.59 Å². The Morgan fingerprint density at radius 1 is 1.56 bits per heavy atom. The Morgan fingerprint density at radius 2 is 2.28 bits per heavy atom. The normalized spacial score (nSPS) is 16.1. The zero-order valence-electron chi connectivity index (χ0n) is 9.94. The minimum absolute atomic E-state index is 0.106. The fourth-order valence-electron chi connectivity index (χ4n) is 1.77. The zero-order chi connectivity index (χ0) is 13.1. The fraction of sp³-hybridized carbons (Fsp3) is 0.500. The lowest BCUT2D eigenvalue weighted by atomic mass is 10.1. The number of thiophene rings is 1. The van der Waals surface area contributed by atoms with Crippen molar-refractivity contribution >= 4 is 39.1 Å². The molecule has 1 unspecified atom stereocenters. The molecule has 1 aliphatic rings. The van der Waals surface area contributed by atoms with Crippen molar-refractivity contribution in [2.75, 3.05) is 7.11 Å². The third kappa shape index (κ3) is 3.55. The first-order valence-corrected chi connectivity index (χ1v) is 7.34. The number of rotatable bonds is 5. The quantitative estimate of drug-likeness (QED) is 0.843. The van der Waals surface area contributed by atoms with Gasteiger partial charge >= 0.3 is 5.97 Å². The van der Waals surface area contributed by atoms with Crippen LogP contribution >= 0.6 is 27.3 Å². The molecular weight excluding hydrogens is 318 g/mol. The number of ether oxygens (including phenoxy) is 1. The lowest BCUT2D eigenvalue weighted by molar-refractivity contribution is -0.141. The molecule has 1 aromatic heterocycles. The largest absolute Gasteiger partial charge is 0.469 e. The molecule has 1 N–H and O–H groups in total. The second-order valence-electron chi connectivity index (χ2n) is 4.30. The van der Waals surface area contributed by atoms with Crippen molar-refractivity contribution in [1.82, 2.24) is 5.32 Å². The van der Waals surface area contributed by atoms with E-state index >= 15 is 0 Å². The number of hydrogen-bond acceptors (Lipinski definition) is 4. The highest BCUT2D eigenvalue weighted by Crippen LogP contribution is 2.34. The molecule has 0 spiro atoms. The van der Waals surface area contributed by atoms with E-state index in [1.54, 1.807) is 6.07 Å². The maximum Gasteiger partial charge on any atom is 0.307 e. The van der Waals surface area contributed by atoms with Gasteiger partial charge in [-0.1, -0.05) is 0 Å². The average molecular weight is 332 g/mol. The van der Waals surface area contributed by atoms with Crippen LogP contribution in [0.4, 0.5) is 0 Å². The van der Waals surface area contributed by atoms with E-state index in [0.29, 0.717) is 10.8 Å². The Kier molecular flexibility index (Phi) is 4.40. The molecular formula is C12H14BrNO3S. The molecule has 18 heavy (non-hydrogen) atoms. The van der Waals surface area contributed by atoms with E-state index in [4.69, 9.17) is 0 Å². The summed E-state index contributed by atoms with van der Waals surface area (Å²) < 4.78 is 5.57. The van der Waals surface area contributed by atoms with Gasteiger partial charge in [-0.05, 0) is 46.8 Å². The lowest BCUT2D eigenvalue weighted by Crippen LogP contribution is -2.38. The van der Waals surface area contributed by atoms with Crippen molar-refractivity contribution in [1.29, 1.82) is 0 Å². The fourth-order valence-corrected chi connectivity index (χ4v) is 3.06. The van der Waals surface area contributed by atoms with E-state index in [1.807, 2.05) is 6.07 Å². The molecule has 1 aliphatic carbocycles. The van der Waals surface area contributed by atoms with Crippen LogP contribution in [-0.4, -0.2) is 25.0 Å². The van der Waals surface area contributed by atoms with Crippen LogP contribution < -0.4 is 5.32 Å². The van der Waals surface area contributed by atoms with E-state index in [-0.39, 0.29) is 24.3 Å². The highest BCUT2D eigenvalue weighted by Gasteiger charge is 2.34. The third-order valence-electron chi connectivity index (χ3n) is 2.92. The first-order chi connectivity index (χ1) is 8.60. The topological polar surface area (TPSA) is 55.4 Å². The first-order valence-electron chi connectivity index (χ1n) is 5.73. The highest BCUT2D eigenvalue weighted by molar-refractivity contribution is 9.11. The van der Waals surface area contributed by atoms with Crippen LogP contribution in [0.3, 0.4) is 0 Å². The number of hydrogen-bond donors (Lipinski definition) is 1. The average Bonchev–Trinajstić information content (AvgIpc) is 3.10. The van der Waals surface area contributed by atoms with Gasteiger partial charge in [0.1, 0.15) is 0 Å². The summed E-state index contributed by atoms with van der Waals surface area (Å²) in [5, 5.41) is 2.92. The molecule has 2 rings (SSSR count). The molecule has 0 bridgehead atoms. The van der Waals surface area contributed by atoms with Crippen molar-refractivity contribution in [3.63, 3.8) is 0 Å². The third-order valence-corrected chi connectivity index (χ3v) is 4.54. The standard InChI is InChI=1S/C12H14BrNO3S/c1-17-11(15)6-8(7-2-3-7)14-12(16)9-4-5-10(13)18-9/h4-5,7-8H,2-3,6H2,1H3,(H,14,16). The van der Waals surface area contributed by atoms with Gasteiger partial charge in [0.2, 0.25) is 0 Å². The van der Waals surface area contributed by atoms with Gasteiger partial charge < -0.3 is 10.1 Å². The number of methoxy groups -OCH3 is 1. The molecule has 1 atom stereocenters. The van der Waals surface area contributed by atoms with E-state index < -0.39 is 0 Å². The molecule has 0 aliphatic heterocycles. The van der Waals surface area contributed by atoms with Gasteiger partial charge in [0.25, 0.3) is 5.91 Å². The summed E-state index contributed by atoms with van der Waals surface area (Å²) in [5.74, 6) is 0.0162. The summed E-state index contributed by atoms with van der Waals surface area (Å²) in [6.45, 7) is 0. The van der Waals surface area contributed by atoms with Crippen LogP contribution in [0, 0.1) is 5.92 Å². The smallest absolute Gasteiger partial charge is 0.307 e. The van der Waals surface area contributed by atoms with Crippen LogP contribution in [0.1, 0.15) is 28.9 Å². The molecule has 1 fully saturated rings. The molecule has 6 heteroatoms. The van der Waals surface area contributed by atoms with E-state index in [1.165, 1.54) is 18.4 Å². The van der Waals surface area contributed by atoms with Gasteiger partial charge in [0, 0.05) is 6.04 Å². The molecule has 1 saturated carbocycles. The van der Waals surface area contributed by atoms with Crippen molar-refractivity contribution in [3.05, 3.63) is 20.8 Å². The van der Waals surface area contributed by atoms with Crippen molar-refractivity contribution < 1.29 is 14.3 Å². The molecule has 0 saturated heterocycles. The van der Waals surface area contributed by atoms with Gasteiger partial charge in [-0.15, -0.1) is 11.3 Å². The predicted octanol–water partition coefficient (Wildman–Crippen LogP) is 2.58. The monoisotopic (exact) mass is 331 g/mol. The summed E-state index contributed by atoms with van der Waals surface area (Å²) in [7, 11) is 1.37. The van der Waals surface area contributed by atoms with Crippen molar-refractivity contribution in [2.45, 2.75) is 25.3 Å². The van der Waals surface area contributed by atoms with Gasteiger partial charge in [-0.3, -0.25) is 9.59 Å². The maximum absolute atomic E-state index is 12.0. The molecule has 1 amide bonds. The molecule has 1 heterocycles. The minimum atomic E-state index is -0.278. The van der Waals surface area contributed by atoms with Crippen LogP contribution in [0.25, 0.3) is 0 Å². The minimum Gasteiger partial charge on any atom is -0.469 e. The number of esters is 1. The van der Waals surface area contributed by atoms with E-state index in [2.05, 4.69) is 26.0 Å². The number of carbonyl (C=O) groups excluding carboxylic acids is 2. The van der Waals surface area contributed by atoms with Crippen LogP contribution in [-0.2, 0) is 9.53 Å². The molecule has 0 radical (unpaired) electrons. The Bertz CT molecular complexity index is 456. The number of carbonyl (C=O) groups is 2. The van der Waals surface area contributed by atoms with Crippen LogP contribution in [0.15, 0.2) is 15.9 Å². The van der Waals surface area contributed by atoms with Gasteiger partial charge in [0.05, 0.1) is 22.2 Å². The molecule has 4 nitrogen and oxygen atoms in total. The molecule has 98 valence electrons. The molecule has 0 aromatic carbocycles. The maximum atomic E-state index is 12.0. The van der Waals surface area contributed by atoms with Crippen LogP contribution in [0.5, 0.6) is 0 Å². The second-order valence-corrected chi connectivity index (χ2v) is 6.76. The summed E-state index contributed by atoms with van der Waals surface area (Å²) in [6, 6.07) is 3.50. The summed E-state index contributed by atoms with van der Waals surface area (Å²) >= 11 is 4.71. The Hall–Kier alpha value is -0.880. The van der Waals surface area contributed by atoms with E-state index in [0.717, 1.165) is 16.6 Å². The van der Waals surface area contributed by atoms with Crippen molar-refractivity contribution in [3.8, 4) is 0 Å². The Balaban J connectivity index is 1.96. The lowest BCUT2D eigenvalue weighted by Gasteiger charge is -2.16. The number of amides is 1. The SMILES string of the molecule is COC(=O)CC(NC(=O)c1ccc(Br)s1)C1CC1. The second kappa shape index (κ2) is 5.84. The number of nitrogens with one attached hydrogen (secondary N) is 1. The van der Waals surface area contributed by atoms with Gasteiger partial charge in [-0.2, -0.15) is 0 Å². The highest BCUT2D eigenvalue weighted by atomic mass is 79.9. The van der Waals surface area contributed by atoms with Gasteiger partial charge in [-0.25, -0.2) is 0 Å². The molecule has 1 aromatic rings.